The monoisotopic (exact) mass is 317 g/mol. The molecule has 1 N–H and O–H groups in total. The number of aryl methyl sites for hydroxylation is 1. The Morgan fingerprint density at radius 1 is 1.00 bits per heavy atom. The first kappa shape index (κ1) is 14.8. The zero-order chi connectivity index (χ0) is 16.4. The number of fused-ring (bicyclic) bond motifs is 1. The summed E-state index contributed by atoms with van der Waals surface area (Å²) < 4.78 is 0. The van der Waals surface area contributed by atoms with E-state index in [9.17, 15) is 0 Å². The fourth-order valence-electron chi connectivity index (χ4n) is 3.10. The van der Waals surface area contributed by atoms with Gasteiger partial charge in [-0.25, -0.2) is 9.97 Å². The summed E-state index contributed by atoms with van der Waals surface area (Å²) in [5.41, 5.74) is 4.40. The van der Waals surface area contributed by atoms with Crippen molar-refractivity contribution in [2.45, 2.75) is 32.2 Å². The molecule has 0 aliphatic heterocycles. The quantitative estimate of drug-likeness (QED) is 0.796. The predicted octanol–water partition coefficient (Wildman–Crippen LogP) is 3.60. The molecule has 0 saturated carbocycles. The maximum atomic E-state index is 4.78. The van der Waals surface area contributed by atoms with Crippen molar-refractivity contribution in [1.82, 2.24) is 19.9 Å². The van der Waals surface area contributed by atoms with Crippen molar-refractivity contribution in [3.8, 4) is 11.5 Å². The van der Waals surface area contributed by atoms with Crippen LogP contribution in [0.25, 0.3) is 11.5 Å². The molecule has 0 unspecified atom stereocenters. The van der Waals surface area contributed by atoms with E-state index in [0.29, 0.717) is 5.82 Å². The van der Waals surface area contributed by atoms with Crippen molar-refractivity contribution in [2.75, 3.05) is 5.32 Å². The highest BCUT2D eigenvalue weighted by Crippen LogP contribution is 2.30. The van der Waals surface area contributed by atoms with Crippen LogP contribution in [0.4, 0.5) is 5.82 Å². The van der Waals surface area contributed by atoms with Crippen molar-refractivity contribution < 1.29 is 0 Å². The van der Waals surface area contributed by atoms with Gasteiger partial charge >= 0.3 is 0 Å². The molecule has 24 heavy (non-hydrogen) atoms. The van der Waals surface area contributed by atoms with Crippen LogP contribution in [0.1, 0.15) is 36.2 Å². The van der Waals surface area contributed by atoms with Gasteiger partial charge in [-0.15, -0.1) is 0 Å². The number of hydrogen-bond donors (Lipinski definition) is 1. The lowest BCUT2D eigenvalue weighted by Crippen LogP contribution is -2.12. The Labute approximate surface area is 141 Å². The summed E-state index contributed by atoms with van der Waals surface area (Å²) in [6.07, 6.45) is 8.58. The highest BCUT2D eigenvalue weighted by Gasteiger charge is 2.21. The van der Waals surface area contributed by atoms with Gasteiger partial charge in [-0.3, -0.25) is 9.97 Å². The molecule has 0 bridgehead atoms. The van der Waals surface area contributed by atoms with E-state index < -0.39 is 0 Å². The number of hydrogen-bond acceptors (Lipinski definition) is 5. The molecule has 120 valence electrons. The van der Waals surface area contributed by atoms with E-state index in [2.05, 4.69) is 22.2 Å². The lowest BCUT2D eigenvalue weighted by Gasteiger charge is -2.18. The van der Waals surface area contributed by atoms with Gasteiger partial charge in [0.05, 0.1) is 6.04 Å². The van der Waals surface area contributed by atoms with Gasteiger partial charge in [0.25, 0.3) is 0 Å². The minimum atomic E-state index is 0.157. The van der Waals surface area contributed by atoms with Gasteiger partial charge in [0.1, 0.15) is 11.5 Å². The topological polar surface area (TPSA) is 63.6 Å². The maximum absolute atomic E-state index is 4.78. The minimum absolute atomic E-state index is 0.157. The number of aromatic nitrogens is 4. The van der Waals surface area contributed by atoms with Crippen LogP contribution in [0.3, 0.4) is 0 Å². The Morgan fingerprint density at radius 2 is 1.88 bits per heavy atom. The molecule has 0 spiro atoms. The Morgan fingerprint density at radius 3 is 2.67 bits per heavy atom. The molecule has 5 heteroatoms. The molecule has 0 saturated heterocycles. The van der Waals surface area contributed by atoms with Crippen LogP contribution in [0.5, 0.6) is 0 Å². The van der Waals surface area contributed by atoms with Crippen molar-refractivity contribution in [1.29, 1.82) is 0 Å². The summed E-state index contributed by atoms with van der Waals surface area (Å²) in [7, 11) is 0. The van der Waals surface area contributed by atoms with E-state index in [4.69, 9.17) is 9.97 Å². The summed E-state index contributed by atoms with van der Waals surface area (Å²) >= 11 is 0. The van der Waals surface area contributed by atoms with E-state index in [-0.39, 0.29) is 6.04 Å². The summed E-state index contributed by atoms with van der Waals surface area (Å²) in [6.45, 7) is 2.14. The normalized spacial score (nSPS) is 14.2. The largest absolute Gasteiger partial charge is 0.363 e. The van der Waals surface area contributed by atoms with Crippen LogP contribution in [0, 0.1) is 0 Å². The minimum Gasteiger partial charge on any atom is -0.363 e. The molecule has 1 atom stereocenters. The van der Waals surface area contributed by atoms with Crippen LogP contribution >= 0.6 is 0 Å². The Kier molecular flexibility index (Phi) is 3.91. The van der Waals surface area contributed by atoms with Crippen LogP contribution < -0.4 is 5.32 Å². The van der Waals surface area contributed by atoms with Crippen LogP contribution in [0.2, 0.25) is 0 Å². The number of nitrogens with zero attached hydrogens (tertiary/aromatic N) is 4. The molecule has 4 rings (SSSR count). The number of nitrogens with one attached hydrogen (secondary N) is 1. The van der Waals surface area contributed by atoms with Crippen molar-refractivity contribution in [2.24, 2.45) is 0 Å². The Hall–Kier alpha value is -2.82. The SMILES string of the molecule is C[C@@H](Nc1nc(-c2ccccn2)nc2c1CCC2)c1ccncc1. The fourth-order valence-corrected chi connectivity index (χ4v) is 3.10. The Bertz CT molecular complexity index is 833. The third-order valence-corrected chi connectivity index (χ3v) is 4.39. The number of rotatable bonds is 4. The first-order valence-electron chi connectivity index (χ1n) is 8.29. The third-order valence-electron chi connectivity index (χ3n) is 4.39. The smallest absolute Gasteiger partial charge is 0.180 e. The van der Waals surface area contributed by atoms with E-state index in [1.54, 1.807) is 6.20 Å². The molecule has 0 aromatic carbocycles. The molecule has 3 aromatic rings. The zero-order valence-corrected chi connectivity index (χ0v) is 13.6. The fraction of sp³-hybridized carbons (Fsp3) is 0.263. The van der Waals surface area contributed by atoms with Crippen molar-refractivity contribution in [3.63, 3.8) is 0 Å². The molecular weight excluding hydrogens is 298 g/mol. The van der Waals surface area contributed by atoms with Crippen LogP contribution in [-0.2, 0) is 12.8 Å². The van der Waals surface area contributed by atoms with Gasteiger partial charge in [-0.1, -0.05) is 6.07 Å². The molecule has 5 nitrogen and oxygen atoms in total. The van der Waals surface area contributed by atoms with Crippen LogP contribution in [-0.4, -0.2) is 19.9 Å². The van der Waals surface area contributed by atoms with E-state index >= 15 is 0 Å². The number of pyridine rings is 2. The van der Waals surface area contributed by atoms with E-state index in [0.717, 1.165) is 36.5 Å². The molecule has 0 radical (unpaired) electrons. The summed E-state index contributed by atoms with van der Waals surface area (Å²) in [5.74, 6) is 1.63. The average Bonchev–Trinajstić information content (AvgIpc) is 3.12. The van der Waals surface area contributed by atoms with Crippen molar-refractivity contribution >= 4 is 5.82 Å². The highest BCUT2D eigenvalue weighted by atomic mass is 15.1. The second-order valence-electron chi connectivity index (χ2n) is 6.04. The summed E-state index contributed by atoms with van der Waals surface area (Å²) in [5, 5.41) is 3.56. The Balaban J connectivity index is 1.71. The molecule has 3 aromatic heterocycles. The molecular formula is C19H19N5. The van der Waals surface area contributed by atoms with Gasteiger partial charge in [0.2, 0.25) is 0 Å². The molecule has 0 amide bonds. The van der Waals surface area contributed by atoms with E-state index in [1.165, 1.54) is 11.1 Å². The molecule has 1 aliphatic rings. The zero-order valence-electron chi connectivity index (χ0n) is 13.6. The lowest BCUT2D eigenvalue weighted by molar-refractivity contribution is 0.860. The van der Waals surface area contributed by atoms with Gasteiger partial charge < -0.3 is 5.32 Å². The van der Waals surface area contributed by atoms with Gasteiger partial charge in [-0.05, 0) is 56.0 Å². The first-order valence-corrected chi connectivity index (χ1v) is 8.29. The molecule has 0 fully saturated rings. The maximum Gasteiger partial charge on any atom is 0.180 e. The third kappa shape index (κ3) is 2.85. The lowest BCUT2D eigenvalue weighted by atomic mass is 10.1. The van der Waals surface area contributed by atoms with Crippen molar-refractivity contribution in [3.05, 3.63) is 65.7 Å². The summed E-state index contributed by atoms with van der Waals surface area (Å²) in [6, 6.07) is 10.0. The molecule has 1 aliphatic carbocycles. The summed E-state index contributed by atoms with van der Waals surface area (Å²) in [4.78, 5) is 18.0. The number of anilines is 1. The highest BCUT2D eigenvalue weighted by molar-refractivity contribution is 5.58. The van der Waals surface area contributed by atoms with E-state index in [1.807, 2.05) is 42.7 Å². The average molecular weight is 317 g/mol. The first-order chi connectivity index (χ1) is 11.8. The standard InChI is InChI=1S/C19H19N5/c1-13(14-8-11-20-12-9-14)22-18-15-5-4-7-16(15)23-19(24-18)17-6-2-3-10-21-17/h2-3,6,8-13H,4-5,7H2,1H3,(H,22,23,24)/t13-/m1/s1. The van der Waals surface area contributed by atoms with Gasteiger partial charge in [0.15, 0.2) is 5.82 Å². The van der Waals surface area contributed by atoms with Gasteiger partial charge in [0, 0.05) is 29.8 Å². The second-order valence-corrected chi connectivity index (χ2v) is 6.04. The second kappa shape index (κ2) is 6.35. The molecule has 3 heterocycles. The van der Waals surface area contributed by atoms with Crippen LogP contribution in [0.15, 0.2) is 48.9 Å². The predicted molar refractivity (Wildman–Crippen MR) is 93.6 cm³/mol. The van der Waals surface area contributed by atoms with Gasteiger partial charge in [-0.2, -0.15) is 0 Å².